The van der Waals surface area contributed by atoms with E-state index in [1.165, 1.54) is 0 Å². The van der Waals surface area contributed by atoms with Crippen molar-refractivity contribution < 1.29 is 23.8 Å². The normalized spacial score (nSPS) is 12.0. The Kier molecular flexibility index (Phi) is 5.46. The maximum Gasteiger partial charge on any atom is 0.339 e. The van der Waals surface area contributed by atoms with Crippen LogP contribution in [0.4, 0.5) is 0 Å². The summed E-state index contributed by atoms with van der Waals surface area (Å²) in [7, 11) is 0. The number of carbonyl (C=O) groups is 2. The van der Waals surface area contributed by atoms with E-state index in [-0.39, 0.29) is 13.0 Å². The van der Waals surface area contributed by atoms with E-state index in [1.807, 2.05) is 6.92 Å². The van der Waals surface area contributed by atoms with Gasteiger partial charge in [0, 0.05) is 12.1 Å². The van der Waals surface area contributed by atoms with Gasteiger partial charge in [-0.2, -0.15) is 0 Å². The molecule has 0 saturated carbocycles. The smallest absolute Gasteiger partial charge is 0.339 e. The van der Waals surface area contributed by atoms with Crippen molar-refractivity contribution in [2.24, 2.45) is 0 Å². The number of aliphatic carboxylic acids is 1. The molecule has 2 N–H and O–H groups in total. The maximum absolute atomic E-state index is 12.1. The first-order chi connectivity index (χ1) is 11.7. The summed E-state index contributed by atoms with van der Waals surface area (Å²) in [5, 5.41) is 11.8. The third-order valence-electron chi connectivity index (χ3n) is 3.97. The van der Waals surface area contributed by atoms with Crippen molar-refractivity contribution in [2.45, 2.75) is 40.2 Å². The van der Waals surface area contributed by atoms with Crippen LogP contribution in [0.3, 0.4) is 0 Å². The van der Waals surface area contributed by atoms with Crippen molar-refractivity contribution >= 4 is 22.8 Å². The van der Waals surface area contributed by atoms with E-state index >= 15 is 0 Å². The molecule has 1 heterocycles. The fourth-order valence-corrected chi connectivity index (χ4v) is 2.46. The fraction of sp³-hybridized carbons (Fsp3) is 0.389. The van der Waals surface area contributed by atoms with Gasteiger partial charge in [-0.05, 0) is 51.0 Å². The highest BCUT2D eigenvalue weighted by Gasteiger charge is 2.19. The third kappa shape index (κ3) is 4.17. The largest absolute Gasteiger partial charge is 0.481 e. The molecule has 0 unspecified atom stereocenters. The van der Waals surface area contributed by atoms with Crippen molar-refractivity contribution in [2.75, 3.05) is 6.54 Å². The lowest BCUT2D eigenvalue weighted by molar-refractivity contribution is -0.137. The maximum atomic E-state index is 12.1. The molecule has 25 heavy (non-hydrogen) atoms. The number of carbonyl (C=O) groups excluding carboxylic acids is 1. The molecule has 0 saturated heterocycles. The van der Waals surface area contributed by atoms with Crippen molar-refractivity contribution in [1.29, 1.82) is 0 Å². The average molecular weight is 347 g/mol. The molecule has 0 bridgehead atoms. The van der Waals surface area contributed by atoms with E-state index < -0.39 is 23.6 Å². The molecule has 2 rings (SSSR count). The zero-order valence-electron chi connectivity index (χ0n) is 14.6. The summed E-state index contributed by atoms with van der Waals surface area (Å²) in [5.74, 6) is -0.956. The predicted molar refractivity (Wildman–Crippen MR) is 92.0 cm³/mol. The van der Waals surface area contributed by atoms with E-state index in [0.29, 0.717) is 22.3 Å². The molecule has 0 aliphatic rings. The van der Waals surface area contributed by atoms with Crippen LogP contribution in [-0.4, -0.2) is 29.6 Å². The van der Waals surface area contributed by atoms with Gasteiger partial charge in [-0.1, -0.05) is 0 Å². The summed E-state index contributed by atoms with van der Waals surface area (Å²) >= 11 is 0. The molecule has 0 aliphatic heterocycles. The highest BCUT2D eigenvalue weighted by atomic mass is 16.5. The Hall–Kier alpha value is -2.83. The average Bonchev–Trinajstić information content (AvgIpc) is 2.51. The molecule has 1 aromatic carbocycles. The number of carboxylic acid groups (broad SMARTS) is 1. The monoisotopic (exact) mass is 347 g/mol. The minimum Gasteiger partial charge on any atom is -0.481 e. The zero-order chi connectivity index (χ0) is 18.7. The van der Waals surface area contributed by atoms with Crippen LogP contribution >= 0.6 is 0 Å². The second kappa shape index (κ2) is 7.38. The van der Waals surface area contributed by atoms with E-state index in [1.54, 1.807) is 32.9 Å². The molecule has 1 amide bonds. The second-order valence-corrected chi connectivity index (χ2v) is 5.97. The van der Waals surface area contributed by atoms with Crippen LogP contribution in [0.5, 0.6) is 5.75 Å². The quantitative estimate of drug-likeness (QED) is 0.775. The van der Waals surface area contributed by atoms with Crippen LogP contribution in [0.15, 0.2) is 21.3 Å². The highest BCUT2D eigenvalue weighted by Crippen LogP contribution is 2.31. The molecule has 2 aromatic rings. The second-order valence-electron chi connectivity index (χ2n) is 5.97. The summed E-state index contributed by atoms with van der Waals surface area (Å²) in [5.41, 5.74) is 2.05. The van der Waals surface area contributed by atoms with Crippen molar-refractivity contribution in [3.05, 3.63) is 39.2 Å². The molecule has 7 nitrogen and oxygen atoms in total. The Balaban J connectivity index is 2.31. The van der Waals surface area contributed by atoms with Crippen molar-refractivity contribution in [3.8, 4) is 5.75 Å². The van der Waals surface area contributed by atoms with E-state index in [0.717, 1.165) is 11.1 Å². The minimum atomic E-state index is -0.986. The first-order valence-corrected chi connectivity index (χ1v) is 7.91. The molecular formula is C18H21NO6. The number of fused-ring (bicyclic) bond motifs is 1. The summed E-state index contributed by atoms with van der Waals surface area (Å²) in [4.78, 5) is 34.4. The highest BCUT2D eigenvalue weighted by molar-refractivity contribution is 5.89. The van der Waals surface area contributed by atoms with Gasteiger partial charge in [-0.25, -0.2) is 4.79 Å². The fourth-order valence-electron chi connectivity index (χ4n) is 2.46. The van der Waals surface area contributed by atoms with Gasteiger partial charge in [0.15, 0.2) is 6.10 Å². The number of hydrogen-bond acceptors (Lipinski definition) is 5. The topological polar surface area (TPSA) is 106 Å². The first-order valence-electron chi connectivity index (χ1n) is 7.91. The van der Waals surface area contributed by atoms with E-state index in [2.05, 4.69) is 5.32 Å². The van der Waals surface area contributed by atoms with Crippen molar-refractivity contribution in [1.82, 2.24) is 5.32 Å². The van der Waals surface area contributed by atoms with Crippen LogP contribution < -0.4 is 15.7 Å². The molecule has 0 fully saturated rings. The Morgan fingerprint density at radius 2 is 1.92 bits per heavy atom. The number of hydrogen-bond donors (Lipinski definition) is 2. The van der Waals surface area contributed by atoms with Crippen LogP contribution in [0.1, 0.15) is 30.0 Å². The van der Waals surface area contributed by atoms with Crippen LogP contribution in [0.25, 0.3) is 11.0 Å². The predicted octanol–water partition coefficient (Wildman–Crippen LogP) is 2.08. The first kappa shape index (κ1) is 18.5. The van der Waals surface area contributed by atoms with Gasteiger partial charge in [-0.15, -0.1) is 0 Å². The van der Waals surface area contributed by atoms with Crippen LogP contribution in [0, 0.1) is 20.8 Å². The number of benzene rings is 1. The Labute approximate surface area is 144 Å². The van der Waals surface area contributed by atoms with Gasteiger partial charge in [0.25, 0.3) is 5.91 Å². The zero-order valence-corrected chi connectivity index (χ0v) is 14.6. The van der Waals surface area contributed by atoms with E-state index in [9.17, 15) is 14.4 Å². The lowest BCUT2D eigenvalue weighted by Gasteiger charge is -2.17. The number of nitrogens with one attached hydrogen (secondary N) is 1. The number of amides is 1. The molecule has 0 radical (unpaired) electrons. The standard InChI is InChI=1S/C18H21NO6/c1-9-7-13(24-12(4)17(22)19-6-5-15(20)21)16-10(2)11(3)18(23)25-14(16)8-9/h7-8,12H,5-6H2,1-4H3,(H,19,22)(H,20,21)/t12-/m0/s1. The summed E-state index contributed by atoms with van der Waals surface area (Å²) < 4.78 is 11.1. The number of aryl methyl sites for hydroxylation is 2. The minimum absolute atomic E-state index is 0.0312. The Bertz CT molecular complexity index is 883. The number of carboxylic acids is 1. The van der Waals surface area contributed by atoms with Gasteiger partial charge in [0.1, 0.15) is 11.3 Å². The summed E-state index contributed by atoms with van der Waals surface area (Å²) in [6, 6.07) is 3.52. The Morgan fingerprint density at radius 3 is 2.56 bits per heavy atom. The molecule has 1 aromatic heterocycles. The van der Waals surface area contributed by atoms with Gasteiger partial charge >= 0.3 is 11.6 Å². The lowest BCUT2D eigenvalue weighted by atomic mass is 10.0. The molecular weight excluding hydrogens is 326 g/mol. The van der Waals surface area contributed by atoms with Crippen molar-refractivity contribution in [3.63, 3.8) is 0 Å². The van der Waals surface area contributed by atoms with Crippen LogP contribution in [0.2, 0.25) is 0 Å². The third-order valence-corrected chi connectivity index (χ3v) is 3.97. The molecule has 134 valence electrons. The number of rotatable bonds is 6. The van der Waals surface area contributed by atoms with Gasteiger partial charge < -0.3 is 19.6 Å². The molecule has 0 spiro atoms. The molecule has 1 atom stereocenters. The van der Waals surface area contributed by atoms with Gasteiger partial charge in [0.05, 0.1) is 11.8 Å². The Morgan fingerprint density at radius 1 is 1.24 bits per heavy atom. The van der Waals surface area contributed by atoms with Gasteiger partial charge in [0.2, 0.25) is 0 Å². The lowest BCUT2D eigenvalue weighted by Crippen LogP contribution is -2.37. The number of ether oxygens (including phenoxy) is 1. The van der Waals surface area contributed by atoms with Crippen LogP contribution in [-0.2, 0) is 9.59 Å². The van der Waals surface area contributed by atoms with Gasteiger partial charge in [-0.3, -0.25) is 9.59 Å². The molecule has 0 aliphatic carbocycles. The summed E-state index contributed by atoms with van der Waals surface area (Å²) in [6.45, 7) is 6.91. The SMILES string of the molecule is Cc1cc(O[C@@H](C)C(=O)NCCC(=O)O)c2c(C)c(C)c(=O)oc2c1. The van der Waals surface area contributed by atoms with E-state index in [4.69, 9.17) is 14.3 Å². The molecule has 7 heteroatoms. The summed E-state index contributed by atoms with van der Waals surface area (Å²) in [6.07, 6.45) is -0.986.